The molecule has 0 amide bonds. The predicted molar refractivity (Wildman–Crippen MR) is 94.0 cm³/mol. The van der Waals surface area contributed by atoms with Gasteiger partial charge in [-0.2, -0.15) is 0 Å². The topological polar surface area (TPSA) is 24.9 Å². The Bertz CT molecular complexity index is 661. The van der Waals surface area contributed by atoms with Crippen molar-refractivity contribution in [2.45, 2.75) is 18.9 Å². The summed E-state index contributed by atoms with van der Waals surface area (Å²) in [7, 11) is 0. The van der Waals surface area contributed by atoms with Gasteiger partial charge in [0.05, 0.1) is 15.4 Å². The number of thiazole rings is 1. The van der Waals surface area contributed by atoms with Crippen molar-refractivity contribution in [2.75, 3.05) is 6.54 Å². The van der Waals surface area contributed by atoms with Crippen LogP contribution in [-0.2, 0) is 0 Å². The van der Waals surface area contributed by atoms with Crippen molar-refractivity contribution in [1.82, 2.24) is 10.3 Å². The third-order valence-corrected chi connectivity index (χ3v) is 6.45. The highest BCUT2D eigenvalue weighted by molar-refractivity contribution is 7.16. The molecule has 6 heteroatoms. The Hall–Kier alpha value is -0.720. The van der Waals surface area contributed by atoms with Crippen LogP contribution in [0, 0.1) is 0 Å². The lowest BCUT2D eigenvalue weighted by atomic mass is 10.1. The lowest BCUT2D eigenvalue weighted by molar-refractivity contribution is 0.568. The van der Waals surface area contributed by atoms with Crippen LogP contribution in [-0.4, -0.2) is 11.5 Å². The molecule has 0 bridgehead atoms. The van der Waals surface area contributed by atoms with Gasteiger partial charge in [-0.1, -0.05) is 24.6 Å². The third kappa shape index (κ3) is 3.73. The first-order valence-corrected chi connectivity index (χ1v) is 9.61. The van der Waals surface area contributed by atoms with Crippen molar-refractivity contribution >= 4 is 45.6 Å². The minimum Gasteiger partial charge on any atom is -0.304 e. The van der Waals surface area contributed by atoms with E-state index >= 15 is 0 Å². The van der Waals surface area contributed by atoms with Crippen LogP contribution in [0.1, 0.15) is 33.6 Å². The Morgan fingerprint density at radius 2 is 2.10 bits per heavy atom. The molecule has 110 valence electrons. The Labute approximate surface area is 141 Å². The molecule has 0 spiro atoms. The zero-order valence-corrected chi connectivity index (χ0v) is 14.7. The summed E-state index contributed by atoms with van der Waals surface area (Å²) >= 11 is 11.2. The fourth-order valence-electron chi connectivity index (χ4n) is 2.14. The summed E-state index contributed by atoms with van der Waals surface area (Å²) in [5.74, 6) is 0.405. The average molecular weight is 355 g/mol. The van der Waals surface area contributed by atoms with E-state index in [1.165, 1.54) is 14.8 Å². The van der Waals surface area contributed by atoms with E-state index in [9.17, 15) is 0 Å². The van der Waals surface area contributed by atoms with Gasteiger partial charge in [0.25, 0.3) is 0 Å². The molecule has 0 aliphatic carbocycles. The van der Waals surface area contributed by atoms with Crippen LogP contribution in [0.3, 0.4) is 0 Å². The maximum absolute atomic E-state index is 6.10. The highest BCUT2D eigenvalue weighted by Gasteiger charge is 2.18. The molecule has 0 aromatic carbocycles. The molecule has 3 aromatic heterocycles. The first-order chi connectivity index (χ1) is 10.2. The highest BCUT2D eigenvalue weighted by Crippen LogP contribution is 2.33. The number of hydrogen-bond donors (Lipinski definition) is 1. The van der Waals surface area contributed by atoms with Crippen molar-refractivity contribution in [2.24, 2.45) is 0 Å². The molecule has 0 fully saturated rings. The number of thiophene rings is 2. The normalized spacial score (nSPS) is 14.2. The van der Waals surface area contributed by atoms with Crippen LogP contribution in [0.25, 0.3) is 0 Å². The number of rotatable bonds is 6. The Morgan fingerprint density at radius 3 is 2.71 bits per heavy atom. The van der Waals surface area contributed by atoms with Crippen LogP contribution in [0.2, 0.25) is 4.34 Å². The molecule has 2 nitrogen and oxygen atoms in total. The molecule has 2 atom stereocenters. The van der Waals surface area contributed by atoms with Crippen LogP contribution >= 0.6 is 45.6 Å². The van der Waals surface area contributed by atoms with Gasteiger partial charge in [0.2, 0.25) is 0 Å². The van der Waals surface area contributed by atoms with Crippen LogP contribution < -0.4 is 5.32 Å². The molecule has 3 heterocycles. The van der Waals surface area contributed by atoms with Crippen molar-refractivity contribution in [1.29, 1.82) is 0 Å². The summed E-state index contributed by atoms with van der Waals surface area (Å²) in [6, 6.07) is 8.55. The molecule has 3 rings (SSSR count). The van der Waals surface area contributed by atoms with Crippen LogP contribution in [0.15, 0.2) is 41.2 Å². The number of aromatic nitrogens is 1. The molecule has 2 unspecified atom stereocenters. The second kappa shape index (κ2) is 7.03. The number of nitrogens with one attached hydrogen (secondary N) is 1. The minimum atomic E-state index is 0.213. The lowest BCUT2D eigenvalue weighted by Crippen LogP contribution is -2.25. The largest absolute Gasteiger partial charge is 0.304 e. The molecule has 1 N–H and O–H groups in total. The Kier molecular flexibility index (Phi) is 5.08. The highest BCUT2D eigenvalue weighted by atomic mass is 35.5. The van der Waals surface area contributed by atoms with E-state index in [0.29, 0.717) is 5.92 Å². The van der Waals surface area contributed by atoms with Gasteiger partial charge >= 0.3 is 0 Å². The third-order valence-electron chi connectivity index (χ3n) is 3.21. The summed E-state index contributed by atoms with van der Waals surface area (Å²) in [5.41, 5.74) is 0. The van der Waals surface area contributed by atoms with E-state index in [4.69, 9.17) is 11.6 Å². The monoisotopic (exact) mass is 354 g/mol. The van der Waals surface area contributed by atoms with Gasteiger partial charge < -0.3 is 5.32 Å². The Balaban J connectivity index is 1.74. The average Bonchev–Trinajstić information content (AvgIpc) is 3.21. The molecule has 0 aliphatic rings. The second-order valence-corrected chi connectivity index (χ2v) is 8.42. The summed E-state index contributed by atoms with van der Waals surface area (Å²) in [5, 5.41) is 8.99. The summed E-state index contributed by atoms with van der Waals surface area (Å²) in [6.07, 6.45) is 1.87. The smallest absolute Gasteiger partial charge is 0.0965 e. The van der Waals surface area contributed by atoms with Crippen molar-refractivity contribution < 1.29 is 0 Å². The predicted octanol–water partition coefficient (Wildman–Crippen LogP) is 5.40. The first-order valence-electron chi connectivity index (χ1n) is 6.65. The molecule has 0 saturated heterocycles. The van der Waals surface area contributed by atoms with E-state index in [2.05, 4.69) is 40.8 Å². The minimum absolute atomic E-state index is 0.213. The first kappa shape index (κ1) is 15.2. The quantitative estimate of drug-likeness (QED) is 0.640. The van der Waals surface area contributed by atoms with Gasteiger partial charge in [0.15, 0.2) is 0 Å². The van der Waals surface area contributed by atoms with Gasteiger partial charge in [0.1, 0.15) is 0 Å². The van der Waals surface area contributed by atoms with E-state index in [1.807, 2.05) is 17.6 Å². The number of nitrogens with zero attached hydrogens (tertiary/aromatic N) is 1. The molecule has 3 aromatic rings. The molecular weight excluding hydrogens is 340 g/mol. The number of halogens is 1. The summed E-state index contributed by atoms with van der Waals surface area (Å²) < 4.78 is 0.835. The summed E-state index contributed by atoms with van der Waals surface area (Å²) in [6.45, 7) is 3.10. The van der Waals surface area contributed by atoms with Gasteiger partial charge in [-0.15, -0.1) is 34.0 Å². The fraction of sp³-hybridized carbons (Fsp3) is 0.267. The van der Waals surface area contributed by atoms with Crippen LogP contribution in [0.4, 0.5) is 0 Å². The SMILES string of the molecule is CC(CNC(c1cccs1)c1ccc(Cl)s1)c1nccs1. The van der Waals surface area contributed by atoms with Gasteiger partial charge in [-0.05, 0) is 23.6 Å². The molecule has 0 radical (unpaired) electrons. The van der Waals surface area contributed by atoms with Crippen molar-refractivity contribution in [3.8, 4) is 0 Å². The standard InChI is InChI=1S/C15H15ClN2S3/c1-10(15-17-6-8-20-15)9-18-14(11-3-2-7-19-11)12-4-5-13(16)21-12/h2-8,10,14,18H,9H2,1H3. The zero-order valence-electron chi connectivity index (χ0n) is 11.5. The van der Waals surface area contributed by atoms with Crippen molar-refractivity contribution in [3.63, 3.8) is 0 Å². The van der Waals surface area contributed by atoms with E-state index in [-0.39, 0.29) is 6.04 Å². The van der Waals surface area contributed by atoms with E-state index < -0.39 is 0 Å². The van der Waals surface area contributed by atoms with E-state index in [1.54, 1.807) is 34.0 Å². The van der Waals surface area contributed by atoms with Gasteiger partial charge in [-0.25, -0.2) is 4.98 Å². The molecule has 0 aliphatic heterocycles. The van der Waals surface area contributed by atoms with E-state index in [0.717, 1.165) is 10.9 Å². The molecule has 0 saturated carbocycles. The lowest BCUT2D eigenvalue weighted by Gasteiger charge is -2.18. The van der Waals surface area contributed by atoms with Gasteiger partial charge in [0, 0.05) is 33.8 Å². The maximum atomic E-state index is 6.10. The molecule has 21 heavy (non-hydrogen) atoms. The molecular formula is C15H15ClN2S3. The maximum Gasteiger partial charge on any atom is 0.0965 e. The fourth-order valence-corrected chi connectivity index (χ4v) is 4.89. The number of hydrogen-bond acceptors (Lipinski definition) is 5. The summed E-state index contributed by atoms with van der Waals surface area (Å²) in [4.78, 5) is 6.97. The van der Waals surface area contributed by atoms with Crippen LogP contribution in [0.5, 0.6) is 0 Å². The zero-order chi connectivity index (χ0) is 14.7. The Morgan fingerprint density at radius 1 is 1.19 bits per heavy atom. The van der Waals surface area contributed by atoms with Crippen molar-refractivity contribution in [3.05, 3.63) is 60.3 Å². The second-order valence-electron chi connectivity index (χ2n) is 4.77. The van der Waals surface area contributed by atoms with Gasteiger partial charge in [-0.3, -0.25) is 0 Å².